The Morgan fingerprint density at radius 2 is 2.00 bits per heavy atom. The quantitative estimate of drug-likeness (QED) is 0.824. The predicted octanol–water partition coefficient (Wildman–Crippen LogP) is 1.26. The molecule has 0 bridgehead atoms. The molecule has 2 aliphatic heterocycles. The van der Waals surface area contributed by atoms with Crippen molar-refractivity contribution < 1.29 is 9.90 Å². The highest BCUT2D eigenvalue weighted by Crippen LogP contribution is 2.21. The molecule has 0 aliphatic carbocycles. The Bertz CT molecular complexity index is 585. The van der Waals surface area contributed by atoms with E-state index in [9.17, 15) is 9.90 Å². The van der Waals surface area contributed by atoms with E-state index in [1.54, 1.807) is 6.92 Å². The maximum atomic E-state index is 11.6. The zero-order valence-corrected chi connectivity index (χ0v) is 16.1. The highest BCUT2D eigenvalue weighted by Gasteiger charge is 2.32. The number of piperidine rings is 1. The van der Waals surface area contributed by atoms with E-state index < -0.39 is 5.60 Å². The first-order chi connectivity index (χ1) is 12.4. The molecule has 1 aromatic rings. The molecule has 0 aromatic carbocycles. The van der Waals surface area contributed by atoms with Crippen LogP contribution >= 0.6 is 0 Å². The van der Waals surface area contributed by atoms with Gasteiger partial charge in [0.1, 0.15) is 11.4 Å². The van der Waals surface area contributed by atoms with Crippen LogP contribution in [0.25, 0.3) is 0 Å². The van der Waals surface area contributed by atoms with Crippen LogP contribution in [0.4, 0.5) is 5.82 Å². The lowest BCUT2D eigenvalue weighted by Gasteiger charge is -2.40. The van der Waals surface area contributed by atoms with Gasteiger partial charge in [0.15, 0.2) is 5.78 Å². The van der Waals surface area contributed by atoms with Crippen LogP contribution in [0.15, 0.2) is 24.4 Å². The molecule has 6 heteroatoms. The Kier molecular flexibility index (Phi) is 6.27. The number of rotatable bonds is 6. The summed E-state index contributed by atoms with van der Waals surface area (Å²) in [6.07, 6.45) is 4.24. The molecule has 0 radical (unpaired) electrons. The van der Waals surface area contributed by atoms with Gasteiger partial charge in [-0.1, -0.05) is 6.07 Å². The van der Waals surface area contributed by atoms with Gasteiger partial charge in [0.05, 0.1) is 0 Å². The highest BCUT2D eigenvalue weighted by atomic mass is 16.3. The van der Waals surface area contributed by atoms with Crippen molar-refractivity contribution in [3.63, 3.8) is 0 Å². The van der Waals surface area contributed by atoms with Gasteiger partial charge in [-0.15, -0.1) is 0 Å². The average Bonchev–Trinajstić information content (AvgIpc) is 2.63. The van der Waals surface area contributed by atoms with E-state index in [2.05, 4.69) is 25.8 Å². The van der Waals surface area contributed by atoms with Crippen molar-refractivity contribution in [2.45, 2.75) is 32.3 Å². The first-order valence-corrected chi connectivity index (χ1v) is 9.78. The van der Waals surface area contributed by atoms with Crippen LogP contribution < -0.4 is 4.90 Å². The van der Waals surface area contributed by atoms with Crippen molar-refractivity contribution in [2.75, 3.05) is 57.3 Å². The van der Waals surface area contributed by atoms with E-state index in [4.69, 9.17) is 0 Å². The molecule has 3 rings (SSSR count). The molecule has 2 saturated heterocycles. The van der Waals surface area contributed by atoms with Gasteiger partial charge in [0, 0.05) is 52.0 Å². The molecule has 2 fully saturated rings. The molecule has 26 heavy (non-hydrogen) atoms. The van der Waals surface area contributed by atoms with Crippen LogP contribution in [0.1, 0.15) is 26.7 Å². The number of hydrogen-bond donors (Lipinski definition) is 1. The minimum Gasteiger partial charge on any atom is -0.381 e. The van der Waals surface area contributed by atoms with Crippen molar-refractivity contribution in [1.82, 2.24) is 14.8 Å². The largest absolute Gasteiger partial charge is 0.381 e. The third kappa shape index (κ3) is 5.02. The van der Waals surface area contributed by atoms with E-state index in [-0.39, 0.29) is 5.78 Å². The Balaban J connectivity index is 1.45. The second kappa shape index (κ2) is 8.46. The number of Topliss-reactive ketones (excluding diaryl/α,β-unsaturated/α-hetero) is 1. The van der Waals surface area contributed by atoms with Gasteiger partial charge in [-0.2, -0.15) is 0 Å². The van der Waals surface area contributed by atoms with Crippen LogP contribution in [0.3, 0.4) is 0 Å². The molecular weight excluding hydrogens is 328 g/mol. The van der Waals surface area contributed by atoms with Crippen molar-refractivity contribution in [3.8, 4) is 0 Å². The summed E-state index contributed by atoms with van der Waals surface area (Å²) >= 11 is 0. The van der Waals surface area contributed by atoms with Crippen molar-refractivity contribution in [2.24, 2.45) is 5.92 Å². The summed E-state index contributed by atoms with van der Waals surface area (Å²) in [5.74, 6) is 1.54. The number of piperazine rings is 1. The molecule has 3 heterocycles. The van der Waals surface area contributed by atoms with Crippen LogP contribution in [0.2, 0.25) is 0 Å². The standard InChI is InChI=1S/C20H32N4O2/c1-17(25)20(2,26)16-23-9-5-6-18(15-23)14-22-10-12-24(13-11-22)19-7-3-4-8-21-19/h3-4,7-8,18,26H,5-6,9-16H2,1-2H3. The van der Waals surface area contributed by atoms with Crippen molar-refractivity contribution >= 4 is 11.6 Å². The number of carbonyl (C=O) groups excluding carboxylic acids is 1. The van der Waals surface area contributed by atoms with Crippen LogP contribution in [0.5, 0.6) is 0 Å². The van der Waals surface area contributed by atoms with Gasteiger partial charge < -0.3 is 10.0 Å². The number of aromatic nitrogens is 1. The summed E-state index contributed by atoms with van der Waals surface area (Å²) in [6, 6.07) is 6.08. The molecule has 2 aliphatic rings. The summed E-state index contributed by atoms with van der Waals surface area (Å²) in [7, 11) is 0. The monoisotopic (exact) mass is 360 g/mol. The molecule has 2 unspecified atom stereocenters. The van der Waals surface area contributed by atoms with Gasteiger partial charge in [0.25, 0.3) is 0 Å². The highest BCUT2D eigenvalue weighted by molar-refractivity contribution is 5.84. The summed E-state index contributed by atoms with van der Waals surface area (Å²) in [4.78, 5) is 23.2. The van der Waals surface area contributed by atoms with Crippen LogP contribution in [-0.4, -0.2) is 83.6 Å². The Morgan fingerprint density at radius 1 is 1.23 bits per heavy atom. The number of β-amino-alcohol motifs (C(OH)–C–C–N with tert-alkyl or cyclic N) is 1. The minimum absolute atomic E-state index is 0.148. The van der Waals surface area contributed by atoms with Crippen molar-refractivity contribution in [3.05, 3.63) is 24.4 Å². The molecule has 1 aromatic heterocycles. The van der Waals surface area contributed by atoms with E-state index >= 15 is 0 Å². The third-order valence-corrected chi connectivity index (χ3v) is 5.76. The molecule has 1 N–H and O–H groups in total. The fourth-order valence-corrected chi connectivity index (χ4v) is 4.06. The fourth-order valence-electron chi connectivity index (χ4n) is 4.06. The van der Waals surface area contributed by atoms with E-state index in [1.165, 1.54) is 13.3 Å². The fraction of sp³-hybridized carbons (Fsp3) is 0.700. The lowest BCUT2D eigenvalue weighted by molar-refractivity contribution is -0.135. The first-order valence-electron chi connectivity index (χ1n) is 9.78. The third-order valence-electron chi connectivity index (χ3n) is 5.76. The van der Waals surface area contributed by atoms with E-state index in [1.807, 2.05) is 18.3 Å². The van der Waals surface area contributed by atoms with Crippen LogP contribution in [-0.2, 0) is 4.79 Å². The predicted molar refractivity (Wildman–Crippen MR) is 103 cm³/mol. The first kappa shape index (κ1) is 19.3. The topological polar surface area (TPSA) is 59.9 Å². The summed E-state index contributed by atoms with van der Waals surface area (Å²) < 4.78 is 0. The normalized spacial score (nSPS) is 25.0. The molecule has 6 nitrogen and oxygen atoms in total. The SMILES string of the molecule is CC(=O)C(C)(O)CN1CCCC(CN2CCN(c3ccccn3)CC2)C1. The molecule has 0 spiro atoms. The maximum Gasteiger partial charge on any atom is 0.162 e. The lowest BCUT2D eigenvalue weighted by Crippen LogP contribution is -2.52. The number of pyridine rings is 1. The van der Waals surface area contributed by atoms with Gasteiger partial charge in [-0.3, -0.25) is 14.6 Å². The maximum absolute atomic E-state index is 11.6. The zero-order valence-electron chi connectivity index (χ0n) is 16.1. The molecule has 0 amide bonds. The number of hydrogen-bond acceptors (Lipinski definition) is 6. The van der Waals surface area contributed by atoms with Gasteiger partial charge in [-0.25, -0.2) is 4.98 Å². The summed E-state index contributed by atoms with van der Waals surface area (Å²) in [5, 5.41) is 10.3. The average molecular weight is 361 g/mol. The van der Waals surface area contributed by atoms with Crippen molar-refractivity contribution in [1.29, 1.82) is 0 Å². The van der Waals surface area contributed by atoms with Gasteiger partial charge in [-0.05, 0) is 51.3 Å². The number of aliphatic hydroxyl groups is 1. The molecule has 0 saturated carbocycles. The second-order valence-electron chi connectivity index (χ2n) is 8.05. The van der Waals surface area contributed by atoms with E-state index in [0.717, 1.165) is 58.1 Å². The number of anilines is 1. The number of likely N-dealkylation sites (tertiary alicyclic amines) is 1. The minimum atomic E-state index is -1.23. The number of nitrogens with zero attached hydrogens (tertiary/aromatic N) is 4. The number of carbonyl (C=O) groups is 1. The smallest absolute Gasteiger partial charge is 0.162 e. The van der Waals surface area contributed by atoms with E-state index in [0.29, 0.717) is 12.5 Å². The Labute approximate surface area is 156 Å². The Hall–Kier alpha value is -1.50. The second-order valence-corrected chi connectivity index (χ2v) is 8.05. The summed E-state index contributed by atoms with van der Waals surface area (Å²) in [6.45, 7) is 10.8. The summed E-state index contributed by atoms with van der Waals surface area (Å²) in [5.41, 5.74) is -1.23. The van der Waals surface area contributed by atoms with Crippen LogP contribution in [0, 0.1) is 5.92 Å². The Morgan fingerprint density at radius 3 is 2.65 bits per heavy atom. The molecule has 144 valence electrons. The van der Waals surface area contributed by atoms with Gasteiger partial charge in [0.2, 0.25) is 0 Å². The molecular formula is C20H32N4O2. The molecule has 2 atom stereocenters. The lowest BCUT2D eigenvalue weighted by atomic mass is 9.94. The van der Waals surface area contributed by atoms with Gasteiger partial charge >= 0.3 is 0 Å². The zero-order chi connectivity index (χ0) is 18.6. The number of ketones is 1.